The molecule has 0 radical (unpaired) electrons. The Balaban J connectivity index is 0.00000312. The molecule has 2 aromatic rings. The quantitative estimate of drug-likeness (QED) is 0.329. The lowest BCUT2D eigenvalue weighted by atomic mass is 9.99. The molecule has 0 fully saturated rings. The highest BCUT2D eigenvalue weighted by atomic mass is 127. The smallest absolute Gasteiger partial charge is 0.191 e. The normalized spacial score (nSPS) is 12.8. The predicted molar refractivity (Wildman–Crippen MR) is 116 cm³/mol. The van der Waals surface area contributed by atoms with Gasteiger partial charge in [-0.2, -0.15) is 11.3 Å². The van der Waals surface area contributed by atoms with Crippen LogP contribution in [0.25, 0.3) is 0 Å². The van der Waals surface area contributed by atoms with Gasteiger partial charge in [0.05, 0.1) is 12.2 Å². The molecule has 0 saturated carbocycles. The first-order valence-electron chi connectivity index (χ1n) is 8.59. The van der Waals surface area contributed by atoms with E-state index in [9.17, 15) is 0 Å². The third kappa shape index (κ3) is 6.62. The molecule has 0 saturated heterocycles. The third-order valence-electron chi connectivity index (χ3n) is 4.32. The summed E-state index contributed by atoms with van der Waals surface area (Å²) in [6.07, 6.45) is 2.17. The minimum Gasteiger partial charge on any atom is -0.359 e. The second-order valence-corrected chi connectivity index (χ2v) is 6.78. The Hall–Kier alpha value is -1.09. The maximum atomic E-state index is 5.43. The van der Waals surface area contributed by atoms with Gasteiger partial charge in [-0.05, 0) is 41.1 Å². The first kappa shape index (κ1) is 22.0. The number of aromatic nitrogens is 1. The van der Waals surface area contributed by atoms with Gasteiger partial charge >= 0.3 is 0 Å². The van der Waals surface area contributed by atoms with Gasteiger partial charge in [-0.1, -0.05) is 25.9 Å². The molecule has 0 aliphatic carbocycles. The van der Waals surface area contributed by atoms with E-state index in [1.807, 2.05) is 6.07 Å². The number of hydrogen-bond acceptors (Lipinski definition) is 4. The van der Waals surface area contributed by atoms with E-state index in [0.29, 0.717) is 18.4 Å². The van der Waals surface area contributed by atoms with E-state index in [4.69, 9.17) is 4.52 Å². The SMILES string of the molecule is CCC(CC)c1cc(CNC(=NC)NCC(C)c2ccsc2)on1.I. The van der Waals surface area contributed by atoms with Crippen LogP contribution < -0.4 is 10.6 Å². The Bertz CT molecular complexity index is 623. The van der Waals surface area contributed by atoms with E-state index in [-0.39, 0.29) is 24.0 Å². The number of thiophene rings is 1. The highest BCUT2D eigenvalue weighted by molar-refractivity contribution is 14.0. The Labute approximate surface area is 171 Å². The Morgan fingerprint density at radius 1 is 1.32 bits per heavy atom. The summed E-state index contributed by atoms with van der Waals surface area (Å²) >= 11 is 1.73. The second kappa shape index (κ2) is 11.5. The first-order valence-corrected chi connectivity index (χ1v) is 9.54. The molecule has 2 N–H and O–H groups in total. The second-order valence-electron chi connectivity index (χ2n) is 6.00. The van der Waals surface area contributed by atoms with Gasteiger partial charge in [0.1, 0.15) is 0 Å². The van der Waals surface area contributed by atoms with Crippen molar-refractivity contribution in [1.82, 2.24) is 15.8 Å². The molecule has 0 aromatic carbocycles. The fourth-order valence-electron chi connectivity index (χ4n) is 2.63. The standard InChI is InChI=1S/C18H28N4OS.HI/c1-5-14(6-2)17-9-16(23-22-17)11-21-18(19-4)20-10-13(3)15-7-8-24-12-15;/h7-9,12-14H,5-6,10-11H2,1-4H3,(H2,19,20,21);1H. The summed E-state index contributed by atoms with van der Waals surface area (Å²) in [6, 6.07) is 4.22. The van der Waals surface area contributed by atoms with Gasteiger partial charge in [0.15, 0.2) is 11.7 Å². The van der Waals surface area contributed by atoms with E-state index in [2.05, 4.69) is 58.4 Å². The number of hydrogen-bond donors (Lipinski definition) is 2. The van der Waals surface area contributed by atoms with Gasteiger partial charge in [0.2, 0.25) is 0 Å². The summed E-state index contributed by atoms with van der Waals surface area (Å²) in [5, 5.41) is 15.1. The van der Waals surface area contributed by atoms with Gasteiger partial charge in [0, 0.05) is 25.6 Å². The molecule has 5 nitrogen and oxygen atoms in total. The summed E-state index contributed by atoms with van der Waals surface area (Å²) in [5.74, 6) is 2.54. The third-order valence-corrected chi connectivity index (χ3v) is 5.02. The van der Waals surface area contributed by atoms with Gasteiger partial charge < -0.3 is 15.2 Å². The first-order chi connectivity index (χ1) is 11.7. The highest BCUT2D eigenvalue weighted by Gasteiger charge is 2.13. The highest BCUT2D eigenvalue weighted by Crippen LogP contribution is 2.22. The summed E-state index contributed by atoms with van der Waals surface area (Å²) in [6.45, 7) is 7.99. The Kier molecular flexibility index (Phi) is 10.1. The summed E-state index contributed by atoms with van der Waals surface area (Å²) in [5.41, 5.74) is 2.40. The molecule has 0 amide bonds. The van der Waals surface area contributed by atoms with Crippen molar-refractivity contribution in [2.45, 2.75) is 52.0 Å². The number of nitrogens with one attached hydrogen (secondary N) is 2. The van der Waals surface area contributed by atoms with Crippen molar-refractivity contribution in [2.75, 3.05) is 13.6 Å². The van der Waals surface area contributed by atoms with Crippen LogP contribution in [0.4, 0.5) is 0 Å². The van der Waals surface area contributed by atoms with Crippen molar-refractivity contribution < 1.29 is 4.52 Å². The monoisotopic (exact) mass is 476 g/mol. The average Bonchev–Trinajstić information content (AvgIpc) is 3.28. The molecule has 0 spiro atoms. The van der Waals surface area contributed by atoms with E-state index in [0.717, 1.165) is 36.8 Å². The van der Waals surface area contributed by atoms with Crippen molar-refractivity contribution in [3.8, 4) is 0 Å². The largest absolute Gasteiger partial charge is 0.359 e. The molecule has 1 unspecified atom stereocenters. The van der Waals surface area contributed by atoms with Crippen LogP contribution in [0.15, 0.2) is 32.4 Å². The fraction of sp³-hybridized carbons (Fsp3) is 0.556. The van der Waals surface area contributed by atoms with E-state index < -0.39 is 0 Å². The zero-order valence-electron chi connectivity index (χ0n) is 15.4. The molecular weight excluding hydrogens is 447 g/mol. The Morgan fingerprint density at radius 2 is 2.08 bits per heavy atom. The number of aliphatic imine (C=N–C) groups is 1. The van der Waals surface area contributed by atoms with Crippen LogP contribution in [-0.4, -0.2) is 24.7 Å². The van der Waals surface area contributed by atoms with Crippen LogP contribution in [0, 0.1) is 0 Å². The maximum absolute atomic E-state index is 5.43. The molecule has 1 atom stereocenters. The van der Waals surface area contributed by atoms with Crippen LogP contribution in [0.3, 0.4) is 0 Å². The molecule has 0 aliphatic heterocycles. The average molecular weight is 476 g/mol. The van der Waals surface area contributed by atoms with Crippen molar-refractivity contribution in [1.29, 1.82) is 0 Å². The Morgan fingerprint density at radius 3 is 2.68 bits per heavy atom. The lowest BCUT2D eigenvalue weighted by Gasteiger charge is -2.14. The molecule has 0 aliphatic rings. The van der Waals surface area contributed by atoms with Crippen molar-refractivity contribution in [2.24, 2.45) is 4.99 Å². The molecule has 7 heteroatoms. The molecule has 2 aromatic heterocycles. The zero-order valence-corrected chi connectivity index (χ0v) is 18.6. The fourth-order valence-corrected chi connectivity index (χ4v) is 3.41. The summed E-state index contributed by atoms with van der Waals surface area (Å²) in [4.78, 5) is 4.27. The topological polar surface area (TPSA) is 62.5 Å². The molecule has 2 heterocycles. The van der Waals surface area contributed by atoms with Crippen LogP contribution in [0.2, 0.25) is 0 Å². The van der Waals surface area contributed by atoms with Gasteiger partial charge in [-0.15, -0.1) is 24.0 Å². The molecule has 140 valence electrons. The van der Waals surface area contributed by atoms with Crippen LogP contribution >= 0.6 is 35.3 Å². The van der Waals surface area contributed by atoms with Crippen molar-refractivity contribution in [3.63, 3.8) is 0 Å². The minimum atomic E-state index is 0. The van der Waals surface area contributed by atoms with E-state index in [1.54, 1.807) is 18.4 Å². The van der Waals surface area contributed by atoms with E-state index >= 15 is 0 Å². The van der Waals surface area contributed by atoms with Crippen LogP contribution in [0.1, 0.15) is 62.5 Å². The number of halogens is 1. The lowest BCUT2D eigenvalue weighted by molar-refractivity contribution is 0.368. The zero-order chi connectivity index (χ0) is 17.4. The van der Waals surface area contributed by atoms with Crippen molar-refractivity contribution >= 4 is 41.3 Å². The van der Waals surface area contributed by atoms with Gasteiger partial charge in [-0.25, -0.2) is 0 Å². The number of rotatable bonds is 8. The minimum absolute atomic E-state index is 0. The maximum Gasteiger partial charge on any atom is 0.191 e. The molecule has 2 rings (SSSR count). The predicted octanol–water partition coefficient (Wildman–Crippen LogP) is 4.73. The molecule has 0 bridgehead atoms. The summed E-state index contributed by atoms with van der Waals surface area (Å²) < 4.78 is 5.43. The van der Waals surface area contributed by atoms with E-state index in [1.165, 1.54) is 5.56 Å². The number of nitrogens with zero attached hydrogens (tertiary/aromatic N) is 2. The van der Waals surface area contributed by atoms with Crippen LogP contribution in [0.5, 0.6) is 0 Å². The number of guanidine groups is 1. The van der Waals surface area contributed by atoms with Crippen LogP contribution in [-0.2, 0) is 6.54 Å². The van der Waals surface area contributed by atoms with Gasteiger partial charge in [0.25, 0.3) is 0 Å². The molecule has 25 heavy (non-hydrogen) atoms. The summed E-state index contributed by atoms with van der Waals surface area (Å²) in [7, 11) is 1.78. The molecular formula is C18H29IN4OS. The van der Waals surface area contributed by atoms with Crippen molar-refractivity contribution in [3.05, 3.63) is 39.9 Å². The lowest BCUT2D eigenvalue weighted by Crippen LogP contribution is -2.38. The van der Waals surface area contributed by atoms with Gasteiger partial charge in [-0.3, -0.25) is 4.99 Å².